The van der Waals surface area contributed by atoms with Crippen LogP contribution < -0.4 is 0 Å². The van der Waals surface area contributed by atoms with E-state index in [1.165, 1.54) is 23.7 Å². The number of fused-ring (bicyclic) bond motifs is 1. The molecule has 0 aliphatic heterocycles. The largest absolute Gasteiger partial charge is 0.416 e. The number of halogens is 3. The van der Waals surface area contributed by atoms with Gasteiger partial charge >= 0.3 is 6.18 Å². The monoisotopic (exact) mass is 404 g/mol. The number of hydrogen-bond acceptors (Lipinski definition) is 4. The van der Waals surface area contributed by atoms with Crippen LogP contribution >= 0.6 is 11.5 Å². The predicted octanol–water partition coefficient (Wildman–Crippen LogP) is 4.91. The number of nitrogens with zero attached hydrogens (tertiary/aromatic N) is 2. The van der Waals surface area contributed by atoms with Crippen molar-refractivity contribution < 1.29 is 17.9 Å². The van der Waals surface area contributed by atoms with Gasteiger partial charge in [-0.05, 0) is 42.8 Å². The summed E-state index contributed by atoms with van der Waals surface area (Å²) in [4.78, 5) is 2.07. The fourth-order valence-corrected chi connectivity index (χ4v) is 3.48. The number of rotatable bonds is 5. The zero-order chi connectivity index (χ0) is 20.1. The van der Waals surface area contributed by atoms with Gasteiger partial charge < -0.3 is 4.74 Å². The molecule has 0 N–H and O–H groups in total. The van der Waals surface area contributed by atoms with Gasteiger partial charge in [0.1, 0.15) is 0 Å². The second-order valence-electron chi connectivity index (χ2n) is 6.35. The summed E-state index contributed by atoms with van der Waals surface area (Å²) in [5, 5.41) is 0.910. The molecule has 0 atom stereocenters. The van der Waals surface area contributed by atoms with Gasteiger partial charge in [-0.15, -0.1) is 0 Å². The van der Waals surface area contributed by atoms with E-state index >= 15 is 0 Å². The lowest BCUT2D eigenvalue weighted by atomic mass is 10.0. The first-order chi connectivity index (χ1) is 13.4. The Morgan fingerprint density at radius 2 is 1.89 bits per heavy atom. The molecule has 28 heavy (non-hydrogen) atoms. The SMILES string of the molecule is COCCN(C)CC#Cc1ccc2c(-c3ccc(C(F)(F)F)cc3)nsc2c1. The molecule has 0 aliphatic rings. The molecule has 3 rings (SSSR count). The number of alkyl halides is 3. The second kappa shape index (κ2) is 8.74. The quantitative estimate of drug-likeness (QED) is 0.565. The highest BCUT2D eigenvalue weighted by Crippen LogP contribution is 2.34. The normalized spacial score (nSPS) is 11.6. The third kappa shape index (κ3) is 4.90. The smallest absolute Gasteiger partial charge is 0.383 e. The van der Waals surface area contributed by atoms with Crippen LogP contribution in [0.1, 0.15) is 11.1 Å². The number of likely N-dealkylation sites (N-methyl/N-ethyl adjacent to an activating group) is 1. The summed E-state index contributed by atoms with van der Waals surface area (Å²) < 4.78 is 48.6. The van der Waals surface area contributed by atoms with Crippen LogP contribution in [0.15, 0.2) is 42.5 Å². The zero-order valence-electron chi connectivity index (χ0n) is 15.5. The molecule has 0 radical (unpaired) electrons. The molecule has 0 fully saturated rings. The topological polar surface area (TPSA) is 25.4 Å². The first-order valence-electron chi connectivity index (χ1n) is 8.62. The molecule has 0 saturated carbocycles. The zero-order valence-corrected chi connectivity index (χ0v) is 16.3. The Kier molecular flexibility index (Phi) is 6.35. The lowest BCUT2D eigenvalue weighted by Crippen LogP contribution is -2.22. The van der Waals surface area contributed by atoms with E-state index in [4.69, 9.17) is 4.74 Å². The molecule has 0 bridgehead atoms. The Hall–Kier alpha value is -2.40. The van der Waals surface area contributed by atoms with Crippen molar-refractivity contribution in [2.24, 2.45) is 0 Å². The molecular weight excluding hydrogens is 385 g/mol. The average molecular weight is 404 g/mol. The first-order valence-corrected chi connectivity index (χ1v) is 9.39. The molecule has 0 saturated heterocycles. The molecule has 0 aliphatic carbocycles. The summed E-state index contributed by atoms with van der Waals surface area (Å²) in [5.41, 5.74) is 1.57. The number of benzene rings is 2. The van der Waals surface area contributed by atoms with Crippen LogP contribution in [0.2, 0.25) is 0 Å². The molecule has 0 amide bonds. The van der Waals surface area contributed by atoms with E-state index in [1.807, 2.05) is 25.2 Å². The number of ether oxygens (including phenoxy) is 1. The first kappa shape index (κ1) is 20.3. The van der Waals surface area contributed by atoms with Crippen molar-refractivity contribution in [3.05, 3.63) is 53.6 Å². The lowest BCUT2D eigenvalue weighted by Gasteiger charge is -2.11. The highest BCUT2D eigenvalue weighted by Gasteiger charge is 2.30. The van der Waals surface area contributed by atoms with Gasteiger partial charge in [0.05, 0.1) is 29.1 Å². The molecule has 7 heteroatoms. The Balaban J connectivity index is 1.78. The Bertz CT molecular complexity index is 1000. The molecule has 3 nitrogen and oxygen atoms in total. The van der Waals surface area contributed by atoms with E-state index in [-0.39, 0.29) is 0 Å². The van der Waals surface area contributed by atoms with E-state index in [0.29, 0.717) is 24.4 Å². The molecule has 1 aromatic heterocycles. The van der Waals surface area contributed by atoms with Gasteiger partial charge in [0.25, 0.3) is 0 Å². The van der Waals surface area contributed by atoms with Gasteiger partial charge in [-0.2, -0.15) is 17.5 Å². The Labute approximate surface area is 165 Å². The maximum Gasteiger partial charge on any atom is 0.416 e. The van der Waals surface area contributed by atoms with Crippen LogP contribution in [0.3, 0.4) is 0 Å². The highest BCUT2D eigenvalue weighted by atomic mass is 32.1. The van der Waals surface area contributed by atoms with Crippen molar-refractivity contribution in [2.45, 2.75) is 6.18 Å². The van der Waals surface area contributed by atoms with Crippen LogP contribution in [0.4, 0.5) is 13.2 Å². The van der Waals surface area contributed by atoms with E-state index in [2.05, 4.69) is 21.1 Å². The molecule has 3 aromatic rings. The summed E-state index contributed by atoms with van der Waals surface area (Å²) in [5.74, 6) is 6.27. The predicted molar refractivity (Wildman–Crippen MR) is 106 cm³/mol. The molecule has 0 unspecified atom stereocenters. The van der Waals surface area contributed by atoms with Crippen LogP contribution in [0.25, 0.3) is 21.3 Å². The van der Waals surface area contributed by atoms with Crippen LogP contribution in [0.5, 0.6) is 0 Å². The van der Waals surface area contributed by atoms with Crippen molar-refractivity contribution >= 4 is 21.6 Å². The molecule has 1 heterocycles. The second-order valence-corrected chi connectivity index (χ2v) is 7.15. The minimum absolute atomic E-state index is 0.640. The van der Waals surface area contributed by atoms with Crippen molar-refractivity contribution in [1.82, 2.24) is 9.27 Å². The summed E-state index contributed by atoms with van der Waals surface area (Å²) in [6, 6.07) is 10.9. The van der Waals surface area contributed by atoms with Gasteiger partial charge in [0.15, 0.2) is 0 Å². The Morgan fingerprint density at radius 1 is 1.14 bits per heavy atom. The summed E-state index contributed by atoms with van der Waals surface area (Å²) in [7, 11) is 3.65. The van der Waals surface area contributed by atoms with Crippen LogP contribution in [0, 0.1) is 11.8 Å². The highest BCUT2D eigenvalue weighted by molar-refractivity contribution is 7.13. The van der Waals surface area contributed by atoms with Crippen LogP contribution in [-0.4, -0.2) is 43.1 Å². The van der Waals surface area contributed by atoms with Gasteiger partial charge in [0, 0.05) is 30.2 Å². The van der Waals surface area contributed by atoms with Crippen molar-refractivity contribution in [2.75, 3.05) is 33.9 Å². The van der Waals surface area contributed by atoms with E-state index in [9.17, 15) is 13.2 Å². The number of methoxy groups -OCH3 is 1. The molecule has 0 spiro atoms. The fraction of sp³-hybridized carbons (Fsp3) is 0.286. The number of aromatic nitrogens is 1. The minimum Gasteiger partial charge on any atom is -0.383 e. The summed E-state index contributed by atoms with van der Waals surface area (Å²) in [6.07, 6.45) is -4.34. The Morgan fingerprint density at radius 3 is 2.57 bits per heavy atom. The van der Waals surface area contributed by atoms with E-state index < -0.39 is 11.7 Å². The fourth-order valence-electron chi connectivity index (χ4n) is 2.64. The van der Waals surface area contributed by atoms with Crippen molar-refractivity contribution in [1.29, 1.82) is 0 Å². The standard InChI is InChI=1S/C21H19F3N2OS/c1-26(12-13-27-2)11-3-4-15-5-10-18-19(14-15)28-25-20(18)16-6-8-17(9-7-16)21(22,23)24/h5-10,14H,11-13H2,1-2H3. The van der Waals surface area contributed by atoms with Crippen LogP contribution in [-0.2, 0) is 10.9 Å². The van der Waals surface area contributed by atoms with Gasteiger partial charge in [0.2, 0.25) is 0 Å². The molecular formula is C21H19F3N2OS. The average Bonchev–Trinajstić information content (AvgIpc) is 3.09. The van der Waals surface area contributed by atoms with Gasteiger partial charge in [-0.1, -0.05) is 30.0 Å². The molecule has 146 valence electrons. The summed E-state index contributed by atoms with van der Waals surface area (Å²) >= 11 is 1.32. The summed E-state index contributed by atoms with van der Waals surface area (Å²) in [6.45, 7) is 2.12. The maximum absolute atomic E-state index is 12.7. The maximum atomic E-state index is 12.7. The van der Waals surface area contributed by atoms with E-state index in [1.54, 1.807) is 7.11 Å². The van der Waals surface area contributed by atoms with Gasteiger partial charge in [-0.25, -0.2) is 0 Å². The van der Waals surface area contributed by atoms with Crippen molar-refractivity contribution in [3.8, 4) is 23.1 Å². The van der Waals surface area contributed by atoms with Crippen molar-refractivity contribution in [3.63, 3.8) is 0 Å². The minimum atomic E-state index is -4.34. The molecule has 2 aromatic carbocycles. The number of hydrogen-bond donors (Lipinski definition) is 0. The lowest BCUT2D eigenvalue weighted by molar-refractivity contribution is -0.137. The third-order valence-electron chi connectivity index (χ3n) is 4.22. The third-order valence-corrected chi connectivity index (χ3v) is 5.02. The van der Waals surface area contributed by atoms with E-state index in [0.717, 1.165) is 34.3 Å². The van der Waals surface area contributed by atoms with Gasteiger partial charge in [-0.3, -0.25) is 4.90 Å².